The summed E-state index contributed by atoms with van der Waals surface area (Å²) in [6, 6.07) is 7.19. The fourth-order valence-electron chi connectivity index (χ4n) is 3.79. The van der Waals surface area contributed by atoms with E-state index in [2.05, 4.69) is 4.90 Å². The molecule has 8 heteroatoms. The maximum Gasteiger partial charge on any atom is 0.325 e. The Morgan fingerprint density at radius 3 is 2.54 bits per heavy atom. The highest BCUT2D eigenvalue weighted by Crippen LogP contribution is 2.35. The Bertz CT molecular complexity index is 900. The van der Waals surface area contributed by atoms with Gasteiger partial charge >= 0.3 is 6.03 Å². The van der Waals surface area contributed by atoms with E-state index < -0.39 is 0 Å². The molecule has 2 aliphatic heterocycles. The normalized spacial score (nSPS) is 19.3. The number of hydrogen-bond acceptors (Lipinski definition) is 3. The number of benzene rings is 1. The minimum atomic E-state index is -0.388. The van der Waals surface area contributed by atoms with Crippen LogP contribution in [0.25, 0.3) is 0 Å². The Morgan fingerprint density at radius 2 is 1.82 bits per heavy atom. The molecule has 0 bridgehead atoms. The van der Waals surface area contributed by atoms with Crippen LogP contribution in [-0.4, -0.2) is 49.8 Å². The van der Waals surface area contributed by atoms with Crippen LogP contribution in [0.2, 0.25) is 0 Å². The van der Waals surface area contributed by atoms with Crippen molar-refractivity contribution in [1.82, 2.24) is 4.90 Å². The number of pyridine rings is 1. The van der Waals surface area contributed by atoms with Gasteiger partial charge in [-0.15, -0.1) is 0 Å². The summed E-state index contributed by atoms with van der Waals surface area (Å²) in [5.41, 5.74) is 0.595. The summed E-state index contributed by atoms with van der Waals surface area (Å²) >= 11 is 0. The zero-order chi connectivity index (χ0) is 19.8. The molecule has 0 N–H and O–H groups in total. The number of nitrogens with zero attached hydrogens (tertiary/aromatic N) is 4. The van der Waals surface area contributed by atoms with Gasteiger partial charge in [0.2, 0.25) is 0 Å². The maximum absolute atomic E-state index is 13.5. The van der Waals surface area contributed by atoms with Crippen molar-refractivity contribution in [3.63, 3.8) is 0 Å². The van der Waals surface area contributed by atoms with Crippen molar-refractivity contribution in [2.75, 3.05) is 42.6 Å². The van der Waals surface area contributed by atoms with Gasteiger partial charge in [0, 0.05) is 12.1 Å². The number of fused-ring (bicyclic) bond motifs is 1. The summed E-state index contributed by atoms with van der Waals surface area (Å²) in [7, 11) is 1.81. The third-order valence-corrected chi connectivity index (χ3v) is 5.25. The number of piperazine rings is 1. The largest absolute Gasteiger partial charge is 0.489 e. The highest BCUT2D eigenvalue weighted by Gasteiger charge is 2.35. The molecule has 0 saturated carbocycles. The van der Waals surface area contributed by atoms with Crippen LogP contribution in [0.5, 0.6) is 5.75 Å². The second-order valence-corrected chi connectivity index (χ2v) is 7.22. The van der Waals surface area contributed by atoms with Crippen LogP contribution in [0.15, 0.2) is 36.5 Å². The van der Waals surface area contributed by atoms with Gasteiger partial charge < -0.3 is 9.64 Å². The molecule has 1 aromatic heterocycles. The predicted molar refractivity (Wildman–Crippen MR) is 101 cm³/mol. The molecule has 0 spiro atoms. The molecule has 1 aromatic carbocycles. The predicted octanol–water partition coefficient (Wildman–Crippen LogP) is 2.32. The van der Waals surface area contributed by atoms with Crippen molar-refractivity contribution in [2.24, 2.45) is 7.05 Å². The van der Waals surface area contributed by atoms with E-state index in [1.54, 1.807) is 33.5 Å². The molecular weight excluding hydrogens is 366 g/mol. The quantitative estimate of drug-likeness (QED) is 0.703. The van der Waals surface area contributed by atoms with E-state index >= 15 is 0 Å². The molecule has 2 amide bonds. The van der Waals surface area contributed by atoms with Gasteiger partial charge in [-0.1, -0.05) is 0 Å². The zero-order valence-corrected chi connectivity index (χ0v) is 15.9. The minimum Gasteiger partial charge on any atom is -0.489 e. The summed E-state index contributed by atoms with van der Waals surface area (Å²) in [5.74, 6) is 0.635. The SMILES string of the molecule is CC1COc2cc(F)ccc2N1C(=O)N1CCN(c2ccc(F)c[n+]2C)CC1. The van der Waals surface area contributed by atoms with Crippen molar-refractivity contribution in [3.05, 3.63) is 48.2 Å². The van der Waals surface area contributed by atoms with Gasteiger partial charge in [-0.2, -0.15) is 0 Å². The molecule has 0 radical (unpaired) electrons. The van der Waals surface area contributed by atoms with Gasteiger partial charge in [-0.05, 0) is 25.1 Å². The molecule has 28 heavy (non-hydrogen) atoms. The van der Waals surface area contributed by atoms with Crippen LogP contribution in [-0.2, 0) is 7.05 Å². The van der Waals surface area contributed by atoms with E-state index in [1.165, 1.54) is 24.4 Å². The van der Waals surface area contributed by atoms with Crippen LogP contribution >= 0.6 is 0 Å². The first-order chi connectivity index (χ1) is 13.4. The Hall–Kier alpha value is -2.90. The van der Waals surface area contributed by atoms with E-state index in [1.807, 2.05) is 6.92 Å². The number of hydrogen-bond donors (Lipinski definition) is 0. The number of amides is 2. The third-order valence-electron chi connectivity index (χ3n) is 5.25. The van der Waals surface area contributed by atoms with Crippen LogP contribution in [0.4, 0.5) is 25.1 Å². The molecule has 1 atom stereocenters. The number of carbonyl (C=O) groups is 1. The second-order valence-electron chi connectivity index (χ2n) is 7.22. The molecule has 2 aromatic rings. The maximum atomic E-state index is 13.5. The fourth-order valence-corrected chi connectivity index (χ4v) is 3.79. The van der Waals surface area contributed by atoms with Crippen molar-refractivity contribution >= 4 is 17.5 Å². The number of urea groups is 1. The third kappa shape index (κ3) is 3.34. The fraction of sp³-hybridized carbons (Fsp3) is 0.400. The van der Waals surface area contributed by atoms with Gasteiger partial charge in [-0.25, -0.2) is 18.1 Å². The molecule has 4 rings (SSSR count). The summed E-state index contributed by atoms with van der Waals surface area (Å²) in [4.78, 5) is 18.8. The first kappa shape index (κ1) is 18.5. The van der Waals surface area contributed by atoms with Gasteiger partial charge in [0.15, 0.2) is 5.82 Å². The molecule has 6 nitrogen and oxygen atoms in total. The summed E-state index contributed by atoms with van der Waals surface area (Å²) in [5, 5.41) is 0. The molecule has 148 valence electrons. The number of carbonyl (C=O) groups excluding carboxylic acids is 1. The first-order valence-electron chi connectivity index (χ1n) is 9.34. The number of aromatic nitrogens is 1. The lowest BCUT2D eigenvalue weighted by Crippen LogP contribution is -2.57. The van der Waals surface area contributed by atoms with Crippen molar-refractivity contribution in [2.45, 2.75) is 13.0 Å². The molecular formula is C20H23F2N4O2+. The van der Waals surface area contributed by atoms with Crippen LogP contribution in [0.3, 0.4) is 0 Å². The van der Waals surface area contributed by atoms with E-state index in [9.17, 15) is 13.6 Å². The van der Waals surface area contributed by atoms with Crippen LogP contribution in [0, 0.1) is 11.6 Å². The number of rotatable bonds is 1. The molecule has 0 aliphatic carbocycles. The minimum absolute atomic E-state index is 0.105. The van der Waals surface area contributed by atoms with Crippen molar-refractivity contribution in [3.8, 4) is 5.75 Å². The molecule has 1 saturated heterocycles. The Kier molecular flexibility index (Phi) is 4.78. The van der Waals surface area contributed by atoms with Crippen molar-refractivity contribution < 1.29 is 22.9 Å². The van der Waals surface area contributed by atoms with Crippen molar-refractivity contribution in [1.29, 1.82) is 0 Å². The number of ether oxygens (including phenoxy) is 1. The monoisotopic (exact) mass is 389 g/mol. The van der Waals surface area contributed by atoms with Crippen LogP contribution < -0.4 is 19.1 Å². The lowest BCUT2D eigenvalue weighted by atomic mass is 10.1. The highest BCUT2D eigenvalue weighted by atomic mass is 19.1. The van der Waals surface area contributed by atoms with Gasteiger partial charge in [-0.3, -0.25) is 9.80 Å². The lowest BCUT2D eigenvalue weighted by molar-refractivity contribution is -0.660. The average Bonchev–Trinajstić information content (AvgIpc) is 2.68. The Morgan fingerprint density at radius 1 is 1.11 bits per heavy atom. The number of halogens is 2. The van der Waals surface area contributed by atoms with Gasteiger partial charge in [0.25, 0.3) is 5.82 Å². The second kappa shape index (κ2) is 7.26. The Labute approximate surface area is 162 Å². The lowest BCUT2D eigenvalue weighted by Gasteiger charge is -2.40. The smallest absolute Gasteiger partial charge is 0.325 e. The summed E-state index contributed by atoms with van der Waals surface area (Å²) < 4.78 is 34.2. The van der Waals surface area contributed by atoms with E-state index in [-0.39, 0.29) is 23.7 Å². The Balaban J connectivity index is 1.48. The highest BCUT2D eigenvalue weighted by molar-refractivity contribution is 5.94. The van der Waals surface area contributed by atoms with Gasteiger partial charge in [0.05, 0.1) is 31.9 Å². The van der Waals surface area contributed by atoms with Gasteiger partial charge in [0.1, 0.15) is 37.5 Å². The standard InChI is InChI=1S/C20H23F2N4O2/c1-14-13-28-18-11-15(21)3-5-17(18)26(14)20(27)25-9-7-24(8-10-25)19-6-4-16(22)12-23(19)2/h3-6,11-12,14H,7-10,13H2,1-2H3/q+1. The molecule has 1 unspecified atom stereocenters. The van der Waals surface area contributed by atoms with E-state index in [0.717, 1.165) is 5.82 Å². The summed E-state index contributed by atoms with van der Waals surface area (Å²) in [6.07, 6.45) is 1.44. The first-order valence-corrected chi connectivity index (χ1v) is 9.34. The van der Waals surface area contributed by atoms with Crippen LogP contribution in [0.1, 0.15) is 6.92 Å². The summed E-state index contributed by atoms with van der Waals surface area (Å²) in [6.45, 7) is 4.65. The molecule has 1 fully saturated rings. The number of aryl methyl sites for hydroxylation is 1. The molecule has 3 heterocycles. The average molecular weight is 389 g/mol. The molecule has 2 aliphatic rings. The van der Waals surface area contributed by atoms with E-state index in [0.29, 0.717) is 44.2 Å². The zero-order valence-electron chi connectivity index (χ0n) is 15.9. The van der Waals surface area contributed by atoms with E-state index in [4.69, 9.17) is 4.74 Å². The number of anilines is 2. The topological polar surface area (TPSA) is 39.9 Å².